The van der Waals surface area contributed by atoms with Crippen molar-refractivity contribution in [1.82, 2.24) is 9.78 Å². The third-order valence-corrected chi connectivity index (χ3v) is 4.51. The van der Waals surface area contributed by atoms with Crippen molar-refractivity contribution < 1.29 is 4.92 Å². The maximum absolute atomic E-state index is 11.2. The second-order valence-corrected chi connectivity index (χ2v) is 6.82. The first-order valence-electron chi connectivity index (χ1n) is 7.76. The van der Waals surface area contributed by atoms with Gasteiger partial charge in [0.1, 0.15) is 5.69 Å². The third-order valence-electron chi connectivity index (χ3n) is 4.51. The van der Waals surface area contributed by atoms with Crippen molar-refractivity contribution in [3.05, 3.63) is 15.8 Å². The maximum atomic E-state index is 11.2. The van der Waals surface area contributed by atoms with Gasteiger partial charge in [-0.2, -0.15) is 5.10 Å². The zero-order chi connectivity index (χ0) is 15.6. The molecule has 0 bridgehead atoms. The lowest BCUT2D eigenvalue weighted by Gasteiger charge is -2.31. The van der Waals surface area contributed by atoms with E-state index in [4.69, 9.17) is 0 Å². The van der Waals surface area contributed by atoms with E-state index in [9.17, 15) is 10.1 Å². The number of nitro groups is 1. The Hall–Kier alpha value is -1.59. The van der Waals surface area contributed by atoms with Crippen molar-refractivity contribution in [3.8, 4) is 0 Å². The Labute approximate surface area is 126 Å². The molecule has 0 spiro atoms. The molecular weight excluding hydrogens is 268 g/mol. The van der Waals surface area contributed by atoms with Crippen LogP contribution in [0.1, 0.15) is 51.6 Å². The lowest BCUT2D eigenvalue weighted by Crippen LogP contribution is -2.29. The normalized spacial score (nSPS) is 17.4. The summed E-state index contributed by atoms with van der Waals surface area (Å²) in [6.45, 7) is 6.97. The summed E-state index contributed by atoms with van der Waals surface area (Å²) in [5, 5.41) is 18.7. The molecule has 1 fully saturated rings. The summed E-state index contributed by atoms with van der Waals surface area (Å²) in [5.41, 5.74) is 0.852. The average Bonchev–Trinajstić information content (AvgIpc) is 2.91. The van der Waals surface area contributed by atoms with E-state index in [0.29, 0.717) is 17.4 Å². The molecule has 6 heteroatoms. The van der Waals surface area contributed by atoms with Gasteiger partial charge >= 0.3 is 5.69 Å². The standard InChI is InChI=1S/C15H26N4O2/c1-11(2)9-15(7-5-6-8-15)10-16-14-13(19(20)21)12(3)17-18(14)4/h11,16H,5-10H2,1-4H3. The molecule has 1 aromatic rings. The SMILES string of the molecule is Cc1nn(C)c(NCC2(CC(C)C)CCCC2)c1[N+](=O)[O-]. The summed E-state index contributed by atoms with van der Waals surface area (Å²) in [7, 11) is 1.76. The lowest BCUT2D eigenvalue weighted by atomic mass is 9.78. The van der Waals surface area contributed by atoms with Crippen molar-refractivity contribution in [3.63, 3.8) is 0 Å². The molecule has 0 amide bonds. The Kier molecular flexibility index (Phi) is 4.54. The van der Waals surface area contributed by atoms with Crippen LogP contribution in [0.2, 0.25) is 0 Å². The molecule has 118 valence electrons. The van der Waals surface area contributed by atoms with E-state index in [2.05, 4.69) is 24.3 Å². The van der Waals surface area contributed by atoms with Gasteiger partial charge in [-0.1, -0.05) is 26.7 Å². The number of aryl methyl sites for hydroxylation is 2. The highest BCUT2D eigenvalue weighted by molar-refractivity contribution is 5.59. The Balaban J connectivity index is 2.16. The molecule has 1 aliphatic carbocycles. The summed E-state index contributed by atoms with van der Waals surface area (Å²) >= 11 is 0. The fraction of sp³-hybridized carbons (Fsp3) is 0.800. The number of hydrogen-bond donors (Lipinski definition) is 1. The Morgan fingerprint density at radius 1 is 1.43 bits per heavy atom. The van der Waals surface area contributed by atoms with E-state index < -0.39 is 0 Å². The first-order valence-corrected chi connectivity index (χ1v) is 7.76. The van der Waals surface area contributed by atoms with Gasteiger partial charge in [-0.05, 0) is 37.5 Å². The molecule has 0 unspecified atom stereocenters. The van der Waals surface area contributed by atoms with Gasteiger partial charge in [0.25, 0.3) is 0 Å². The van der Waals surface area contributed by atoms with Crippen molar-refractivity contribution in [2.24, 2.45) is 18.4 Å². The number of hydrogen-bond acceptors (Lipinski definition) is 4. The highest BCUT2D eigenvalue weighted by Gasteiger charge is 2.35. The predicted octanol–water partition coefficient (Wildman–Crippen LogP) is 3.66. The number of nitrogens with zero attached hydrogens (tertiary/aromatic N) is 3. The second-order valence-electron chi connectivity index (χ2n) is 6.82. The van der Waals surface area contributed by atoms with E-state index >= 15 is 0 Å². The van der Waals surface area contributed by atoms with Crippen LogP contribution in [0, 0.1) is 28.4 Å². The van der Waals surface area contributed by atoms with Crippen LogP contribution >= 0.6 is 0 Å². The molecule has 0 aromatic carbocycles. The van der Waals surface area contributed by atoms with Crippen LogP contribution in [-0.2, 0) is 7.05 Å². The monoisotopic (exact) mass is 294 g/mol. The highest BCUT2D eigenvalue weighted by Crippen LogP contribution is 2.43. The quantitative estimate of drug-likeness (QED) is 0.642. The summed E-state index contributed by atoms with van der Waals surface area (Å²) < 4.78 is 1.59. The van der Waals surface area contributed by atoms with E-state index in [-0.39, 0.29) is 16.0 Å². The van der Waals surface area contributed by atoms with Crippen LogP contribution in [-0.4, -0.2) is 21.2 Å². The minimum absolute atomic E-state index is 0.107. The van der Waals surface area contributed by atoms with Crippen LogP contribution in [0.3, 0.4) is 0 Å². The molecule has 1 N–H and O–H groups in total. The van der Waals surface area contributed by atoms with Gasteiger partial charge in [0, 0.05) is 13.6 Å². The summed E-state index contributed by atoms with van der Waals surface area (Å²) in [5.74, 6) is 1.18. The molecule has 1 saturated carbocycles. The molecule has 0 atom stereocenters. The molecule has 2 rings (SSSR count). The molecule has 21 heavy (non-hydrogen) atoms. The molecule has 1 heterocycles. The van der Waals surface area contributed by atoms with E-state index in [0.717, 1.165) is 6.54 Å². The van der Waals surface area contributed by atoms with Gasteiger partial charge in [0.05, 0.1) is 4.92 Å². The van der Waals surface area contributed by atoms with Gasteiger partial charge < -0.3 is 5.32 Å². The first-order chi connectivity index (χ1) is 9.84. The van der Waals surface area contributed by atoms with Gasteiger partial charge in [-0.3, -0.25) is 10.1 Å². The smallest absolute Gasteiger partial charge is 0.333 e. The molecule has 6 nitrogen and oxygen atoms in total. The van der Waals surface area contributed by atoms with Gasteiger partial charge in [0.2, 0.25) is 5.82 Å². The summed E-state index contributed by atoms with van der Waals surface area (Å²) in [6, 6.07) is 0. The van der Waals surface area contributed by atoms with Gasteiger partial charge in [-0.25, -0.2) is 4.68 Å². The molecule has 0 aliphatic heterocycles. The summed E-state index contributed by atoms with van der Waals surface area (Å²) in [6.07, 6.45) is 6.12. The minimum Gasteiger partial charge on any atom is -0.364 e. The van der Waals surface area contributed by atoms with Crippen LogP contribution in [0.15, 0.2) is 0 Å². The third kappa shape index (κ3) is 3.36. The van der Waals surface area contributed by atoms with Crippen molar-refractivity contribution >= 4 is 11.5 Å². The van der Waals surface area contributed by atoms with Gasteiger partial charge in [-0.15, -0.1) is 0 Å². The lowest BCUT2D eigenvalue weighted by molar-refractivity contribution is -0.384. The van der Waals surface area contributed by atoms with E-state index in [1.807, 2.05) is 0 Å². The van der Waals surface area contributed by atoms with Crippen LogP contribution in [0.25, 0.3) is 0 Å². The van der Waals surface area contributed by atoms with Crippen LogP contribution < -0.4 is 5.32 Å². The van der Waals surface area contributed by atoms with Crippen molar-refractivity contribution in [1.29, 1.82) is 0 Å². The number of rotatable bonds is 6. The first kappa shape index (κ1) is 15.8. The fourth-order valence-electron chi connectivity index (χ4n) is 3.78. The largest absolute Gasteiger partial charge is 0.364 e. The highest BCUT2D eigenvalue weighted by atomic mass is 16.6. The number of anilines is 1. The molecule has 1 aromatic heterocycles. The average molecular weight is 294 g/mol. The fourth-order valence-corrected chi connectivity index (χ4v) is 3.78. The van der Waals surface area contributed by atoms with Crippen LogP contribution in [0.4, 0.5) is 11.5 Å². The maximum Gasteiger partial charge on any atom is 0.333 e. The number of nitrogens with one attached hydrogen (secondary N) is 1. The zero-order valence-corrected chi connectivity index (χ0v) is 13.5. The Morgan fingerprint density at radius 3 is 2.57 bits per heavy atom. The molecule has 0 radical (unpaired) electrons. The molecule has 1 aliphatic rings. The predicted molar refractivity (Wildman–Crippen MR) is 83.4 cm³/mol. The topological polar surface area (TPSA) is 73.0 Å². The van der Waals surface area contributed by atoms with E-state index in [1.165, 1.54) is 32.1 Å². The number of aromatic nitrogens is 2. The van der Waals surface area contributed by atoms with Crippen molar-refractivity contribution in [2.75, 3.05) is 11.9 Å². The van der Waals surface area contributed by atoms with Crippen LogP contribution in [0.5, 0.6) is 0 Å². The summed E-state index contributed by atoms with van der Waals surface area (Å²) in [4.78, 5) is 10.9. The Morgan fingerprint density at radius 2 is 2.05 bits per heavy atom. The minimum atomic E-state index is -0.339. The zero-order valence-electron chi connectivity index (χ0n) is 13.5. The molecular formula is C15H26N4O2. The van der Waals surface area contributed by atoms with Crippen molar-refractivity contribution in [2.45, 2.75) is 52.9 Å². The second kappa shape index (κ2) is 6.03. The van der Waals surface area contributed by atoms with E-state index in [1.54, 1.807) is 18.7 Å². The van der Waals surface area contributed by atoms with Gasteiger partial charge in [0.15, 0.2) is 0 Å². The molecule has 0 saturated heterocycles. The Bertz CT molecular complexity index is 516.